The van der Waals surface area contributed by atoms with Crippen molar-refractivity contribution < 1.29 is 19.0 Å². The Bertz CT molecular complexity index is 858. The maximum absolute atomic E-state index is 12.9. The van der Waals surface area contributed by atoms with Crippen molar-refractivity contribution in [2.24, 2.45) is 0 Å². The Labute approximate surface area is 167 Å². The number of Topliss-reactive ketones (excluding diaryl/α,β-unsaturated/α-hetero) is 1. The summed E-state index contributed by atoms with van der Waals surface area (Å²) in [5.41, 5.74) is 2.43. The molecule has 6 heteroatoms. The number of benzene rings is 2. The van der Waals surface area contributed by atoms with E-state index in [0.29, 0.717) is 43.8 Å². The zero-order chi connectivity index (χ0) is 19.4. The molecule has 0 amide bonds. The van der Waals surface area contributed by atoms with Crippen molar-refractivity contribution >= 4 is 41.1 Å². The summed E-state index contributed by atoms with van der Waals surface area (Å²) < 4.78 is 16.0. The molecular formula is C21H18Cl2O4. The van der Waals surface area contributed by atoms with Crippen molar-refractivity contribution in [1.82, 2.24) is 0 Å². The Kier molecular flexibility index (Phi) is 6.22. The number of hydrogen-bond acceptors (Lipinski definition) is 4. The summed E-state index contributed by atoms with van der Waals surface area (Å²) in [6.07, 6.45) is 3.46. The van der Waals surface area contributed by atoms with Gasteiger partial charge in [-0.05, 0) is 35.4 Å². The summed E-state index contributed by atoms with van der Waals surface area (Å²) in [5.74, 6) is 1.00. The Morgan fingerprint density at radius 1 is 0.852 bits per heavy atom. The van der Waals surface area contributed by atoms with Gasteiger partial charge in [-0.15, -0.1) is 0 Å². The van der Waals surface area contributed by atoms with E-state index < -0.39 is 0 Å². The highest BCUT2D eigenvalue weighted by molar-refractivity contribution is 6.34. The number of ether oxygens (including phenoxy) is 3. The molecular weight excluding hydrogens is 387 g/mol. The van der Waals surface area contributed by atoms with Crippen LogP contribution in [-0.2, 0) is 9.53 Å². The van der Waals surface area contributed by atoms with Crippen LogP contribution < -0.4 is 9.47 Å². The summed E-state index contributed by atoms with van der Waals surface area (Å²) >= 11 is 12.7. The van der Waals surface area contributed by atoms with Crippen LogP contribution in [0, 0.1) is 0 Å². The van der Waals surface area contributed by atoms with Crippen LogP contribution in [0.1, 0.15) is 11.1 Å². The molecule has 140 valence electrons. The summed E-state index contributed by atoms with van der Waals surface area (Å²) in [6, 6.07) is 10.8. The van der Waals surface area contributed by atoms with Gasteiger partial charge in [-0.3, -0.25) is 4.79 Å². The molecule has 0 aliphatic carbocycles. The first-order chi connectivity index (χ1) is 13.0. The van der Waals surface area contributed by atoms with E-state index in [9.17, 15) is 4.79 Å². The number of methoxy groups -OCH3 is 2. The number of carbonyl (C=O) groups is 1. The summed E-state index contributed by atoms with van der Waals surface area (Å²) in [5, 5.41) is 0.902. The van der Waals surface area contributed by atoms with Crippen LogP contribution in [-0.4, -0.2) is 33.2 Å². The average molecular weight is 405 g/mol. The molecule has 0 spiro atoms. The lowest BCUT2D eigenvalue weighted by atomic mass is 9.97. The molecule has 0 N–H and O–H groups in total. The number of carbonyl (C=O) groups excluding carboxylic acids is 1. The van der Waals surface area contributed by atoms with Gasteiger partial charge in [-0.2, -0.15) is 0 Å². The fourth-order valence-electron chi connectivity index (χ4n) is 2.79. The molecule has 1 saturated heterocycles. The van der Waals surface area contributed by atoms with Crippen molar-refractivity contribution in [3.05, 3.63) is 68.7 Å². The van der Waals surface area contributed by atoms with Gasteiger partial charge in [0.1, 0.15) is 11.5 Å². The molecule has 4 nitrogen and oxygen atoms in total. The van der Waals surface area contributed by atoms with Crippen LogP contribution in [0.2, 0.25) is 10.0 Å². The predicted octanol–water partition coefficient (Wildman–Crippen LogP) is 5.08. The second-order valence-corrected chi connectivity index (χ2v) is 6.64. The van der Waals surface area contributed by atoms with Gasteiger partial charge >= 0.3 is 0 Å². The smallest absolute Gasteiger partial charge is 0.189 e. The Balaban J connectivity index is 1.95. The molecule has 2 aromatic carbocycles. The first kappa shape index (κ1) is 19.5. The lowest BCUT2D eigenvalue weighted by Gasteiger charge is -2.18. The van der Waals surface area contributed by atoms with E-state index in [2.05, 4.69) is 0 Å². The van der Waals surface area contributed by atoms with Crippen molar-refractivity contribution in [2.75, 3.05) is 27.4 Å². The second-order valence-electron chi connectivity index (χ2n) is 5.89. The van der Waals surface area contributed by atoms with Gasteiger partial charge in [0.15, 0.2) is 5.78 Å². The first-order valence-corrected chi connectivity index (χ1v) is 8.99. The van der Waals surface area contributed by atoms with E-state index in [1.165, 1.54) is 0 Å². The Morgan fingerprint density at radius 2 is 1.30 bits per heavy atom. The zero-order valence-corrected chi connectivity index (χ0v) is 16.4. The SMILES string of the molecule is COc1cccc(C=C2COCC(=Cc3cccc(OC)c3Cl)C2=O)c1Cl. The van der Waals surface area contributed by atoms with Crippen LogP contribution >= 0.6 is 23.2 Å². The van der Waals surface area contributed by atoms with Gasteiger partial charge in [0.05, 0.1) is 37.5 Å². The Morgan fingerprint density at radius 3 is 1.70 bits per heavy atom. The van der Waals surface area contributed by atoms with Gasteiger partial charge in [0.2, 0.25) is 0 Å². The van der Waals surface area contributed by atoms with Gasteiger partial charge in [-0.1, -0.05) is 47.5 Å². The maximum Gasteiger partial charge on any atom is 0.189 e. The van der Waals surface area contributed by atoms with Crippen molar-refractivity contribution in [3.8, 4) is 11.5 Å². The predicted molar refractivity (Wildman–Crippen MR) is 108 cm³/mol. The third kappa shape index (κ3) is 4.19. The van der Waals surface area contributed by atoms with E-state index in [4.69, 9.17) is 37.4 Å². The second kappa shape index (κ2) is 8.61. The molecule has 27 heavy (non-hydrogen) atoms. The first-order valence-electron chi connectivity index (χ1n) is 8.23. The zero-order valence-electron chi connectivity index (χ0n) is 14.9. The fourth-order valence-corrected chi connectivity index (χ4v) is 3.31. The van der Waals surface area contributed by atoms with E-state index in [0.717, 1.165) is 0 Å². The largest absolute Gasteiger partial charge is 0.495 e. The van der Waals surface area contributed by atoms with Gasteiger partial charge in [0, 0.05) is 11.1 Å². The van der Waals surface area contributed by atoms with Crippen LogP contribution in [0.25, 0.3) is 12.2 Å². The minimum atomic E-state index is -0.0981. The van der Waals surface area contributed by atoms with Crippen molar-refractivity contribution in [3.63, 3.8) is 0 Å². The highest BCUT2D eigenvalue weighted by Gasteiger charge is 2.22. The highest BCUT2D eigenvalue weighted by atomic mass is 35.5. The van der Waals surface area contributed by atoms with Gasteiger partial charge in [0.25, 0.3) is 0 Å². The molecule has 0 saturated carbocycles. The summed E-state index contributed by atoms with van der Waals surface area (Å²) in [4.78, 5) is 12.9. The molecule has 2 aromatic rings. The quantitative estimate of drug-likeness (QED) is 0.666. The molecule has 1 heterocycles. The molecule has 0 aromatic heterocycles. The number of halogens is 2. The standard InChI is InChI=1S/C21H18Cl2O4/c1-25-17-7-3-5-13(19(17)22)9-15-11-27-12-16(21(15)24)10-14-6-4-8-18(26-2)20(14)23/h3-10H,11-12H2,1-2H3. The van der Waals surface area contributed by atoms with Crippen LogP contribution in [0.15, 0.2) is 47.5 Å². The summed E-state index contributed by atoms with van der Waals surface area (Å²) in [7, 11) is 3.09. The van der Waals surface area contributed by atoms with E-state index in [1.54, 1.807) is 38.5 Å². The molecule has 0 bridgehead atoms. The topological polar surface area (TPSA) is 44.8 Å². The van der Waals surface area contributed by atoms with Crippen LogP contribution in [0.3, 0.4) is 0 Å². The van der Waals surface area contributed by atoms with E-state index >= 15 is 0 Å². The molecule has 1 aliphatic rings. The minimum absolute atomic E-state index is 0.0981. The molecule has 0 atom stereocenters. The monoisotopic (exact) mass is 404 g/mol. The normalized spacial score (nSPS) is 17.4. The molecule has 0 unspecified atom stereocenters. The van der Waals surface area contributed by atoms with Crippen molar-refractivity contribution in [1.29, 1.82) is 0 Å². The third-order valence-corrected chi connectivity index (χ3v) is 4.99. The molecule has 3 rings (SSSR count). The van der Waals surface area contributed by atoms with E-state index in [1.807, 2.05) is 24.3 Å². The maximum atomic E-state index is 12.9. The average Bonchev–Trinajstić information content (AvgIpc) is 2.68. The summed E-state index contributed by atoms with van der Waals surface area (Å²) in [6.45, 7) is 0.436. The highest BCUT2D eigenvalue weighted by Crippen LogP contribution is 2.32. The van der Waals surface area contributed by atoms with Crippen LogP contribution in [0.5, 0.6) is 11.5 Å². The van der Waals surface area contributed by atoms with Crippen LogP contribution in [0.4, 0.5) is 0 Å². The van der Waals surface area contributed by atoms with Crippen molar-refractivity contribution in [2.45, 2.75) is 0 Å². The molecule has 1 aliphatic heterocycles. The molecule has 0 radical (unpaired) electrons. The number of ketones is 1. The van der Waals surface area contributed by atoms with Gasteiger partial charge < -0.3 is 14.2 Å². The fraction of sp³-hybridized carbons (Fsp3) is 0.190. The minimum Gasteiger partial charge on any atom is -0.495 e. The lowest BCUT2D eigenvalue weighted by Crippen LogP contribution is -2.22. The Hall–Kier alpha value is -2.27. The third-order valence-electron chi connectivity index (χ3n) is 4.18. The molecule has 1 fully saturated rings. The lowest BCUT2D eigenvalue weighted by molar-refractivity contribution is -0.114. The number of hydrogen-bond donors (Lipinski definition) is 0. The number of rotatable bonds is 4. The van der Waals surface area contributed by atoms with E-state index in [-0.39, 0.29) is 19.0 Å². The van der Waals surface area contributed by atoms with Gasteiger partial charge in [-0.25, -0.2) is 0 Å².